The molecule has 2 aromatic carbocycles. The fraction of sp³-hybridized carbons (Fsp3) is 0.381. The van der Waals surface area contributed by atoms with E-state index >= 15 is 0 Å². The van der Waals surface area contributed by atoms with Gasteiger partial charge in [-0.3, -0.25) is 4.79 Å². The van der Waals surface area contributed by atoms with Gasteiger partial charge in [0.05, 0.1) is 44.6 Å². The molecule has 2 aromatic rings. The molecule has 0 spiro atoms. The number of aryl methyl sites for hydroxylation is 2. The molecule has 0 radical (unpaired) electrons. The Morgan fingerprint density at radius 2 is 1.88 bits per heavy atom. The monoisotopic (exact) mass is 354 g/mol. The van der Waals surface area contributed by atoms with Crippen LogP contribution in [0, 0.1) is 13.8 Å². The van der Waals surface area contributed by atoms with E-state index in [0.29, 0.717) is 0 Å². The quantitative estimate of drug-likeness (QED) is 0.858. The lowest BCUT2D eigenvalue weighted by molar-refractivity contribution is -0.880. The molecule has 3 rings (SSSR count). The van der Waals surface area contributed by atoms with Crippen LogP contribution in [0.4, 0.5) is 11.4 Å². The number of hydrogen-bond acceptors (Lipinski definition) is 3. The molecule has 1 saturated heterocycles. The van der Waals surface area contributed by atoms with Crippen LogP contribution < -0.4 is 19.9 Å². The second kappa shape index (κ2) is 8.23. The van der Waals surface area contributed by atoms with Gasteiger partial charge in [0.15, 0.2) is 6.61 Å². The number of hydrogen-bond donors (Lipinski definition) is 2. The van der Waals surface area contributed by atoms with E-state index in [4.69, 9.17) is 4.74 Å². The molecule has 1 aliphatic rings. The standard InChI is InChI=1S/C21H27N3O2/c1-16-8-9-17(2)20(14-16)26-15-21(25)22-18-6-4-5-7-19(18)24-12-10-23(3)11-13-24/h4-9,14H,10-13,15H2,1-3H3,(H,22,25)/p+1. The van der Waals surface area contributed by atoms with Gasteiger partial charge in [-0.05, 0) is 43.2 Å². The Kier molecular flexibility index (Phi) is 5.78. The Balaban J connectivity index is 1.63. The molecular formula is C21H28N3O2+. The highest BCUT2D eigenvalue weighted by molar-refractivity contribution is 5.95. The van der Waals surface area contributed by atoms with Crippen LogP contribution in [0.2, 0.25) is 0 Å². The number of rotatable bonds is 5. The molecule has 5 heteroatoms. The summed E-state index contributed by atoms with van der Waals surface area (Å²) in [6.07, 6.45) is 0. The van der Waals surface area contributed by atoms with Crippen LogP contribution in [0.5, 0.6) is 5.75 Å². The first-order chi connectivity index (χ1) is 12.5. The number of carbonyl (C=O) groups excluding carboxylic acids is 1. The van der Waals surface area contributed by atoms with Gasteiger partial charge in [0.25, 0.3) is 5.91 Å². The molecule has 0 saturated carbocycles. The summed E-state index contributed by atoms with van der Waals surface area (Å²) in [4.78, 5) is 16.3. The number of likely N-dealkylation sites (N-methyl/N-ethyl adjacent to an activating group) is 1. The zero-order valence-corrected chi connectivity index (χ0v) is 15.8. The molecule has 1 heterocycles. The fourth-order valence-electron chi connectivity index (χ4n) is 3.18. The molecule has 26 heavy (non-hydrogen) atoms. The lowest BCUT2D eigenvalue weighted by atomic mass is 10.1. The molecule has 138 valence electrons. The van der Waals surface area contributed by atoms with Crippen molar-refractivity contribution in [2.24, 2.45) is 0 Å². The van der Waals surface area contributed by atoms with Crippen molar-refractivity contribution in [1.82, 2.24) is 0 Å². The average Bonchev–Trinajstić information content (AvgIpc) is 2.64. The van der Waals surface area contributed by atoms with Crippen molar-refractivity contribution in [2.45, 2.75) is 13.8 Å². The van der Waals surface area contributed by atoms with Crippen LogP contribution in [-0.2, 0) is 4.79 Å². The highest BCUT2D eigenvalue weighted by atomic mass is 16.5. The van der Waals surface area contributed by atoms with Crippen molar-refractivity contribution in [1.29, 1.82) is 0 Å². The third-order valence-corrected chi connectivity index (χ3v) is 4.84. The van der Waals surface area contributed by atoms with Crippen LogP contribution >= 0.6 is 0 Å². The first-order valence-electron chi connectivity index (χ1n) is 9.18. The maximum absolute atomic E-state index is 12.4. The highest BCUT2D eigenvalue weighted by Gasteiger charge is 2.19. The summed E-state index contributed by atoms with van der Waals surface area (Å²) >= 11 is 0. The van der Waals surface area contributed by atoms with Crippen LogP contribution in [-0.4, -0.2) is 45.7 Å². The molecule has 1 aliphatic heterocycles. The molecule has 0 bridgehead atoms. The van der Waals surface area contributed by atoms with Crippen LogP contribution in [0.1, 0.15) is 11.1 Å². The SMILES string of the molecule is Cc1ccc(C)c(OCC(=O)Nc2ccccc2N2CC[NH+](C)CC2)c1. The number of carbonyl (C=O) groups is 1. The van der Waals surface area contributed by atoms with Gasteiger partial charge < -0.3 is 19.9 Å². The largest absolute Gasteiger partial charge is 0.483 e. The van der Waals surface area contributed by atoms with E-state index in [1.807, 2.05) is 50.2 Å². The molecule has 2 N–H and O–H groups in total. The molecule has 1 amide bonds. The number of piperazine rings is 1. The van der Waals surface area contributed by atoms with Gasteiger partial charge in [0, 0.05) is 0 Å². The second-order valence-corrected chi connectivity index (χ2v) is 7.07. The summed E-state index contributed by atoms with van der Waals surface area (Å²) in [6.45, 7) is 8.22. The van der Waals surface area contributed by atoms with E-state index in [1.165, 1.54) is 0 Å². The van der Waals surface area contributed by atoms with Gasteiger partial charge in [-0.2, -0.15) is 0 Å². The van der Waals surface area contributed by atoms with Crippen LogP contribution in [0.25, 0.3) is 0 Å². The topological polar surface area (TPSA) is 46.0 Å². The first-order valence-corrected chi connectivity index (χ1v) is 9.18. The maximum atomic E-state index is 12.4. The first kappa shape index (κ1) is 18.3. The molecule has 0 atom stereocenters. The summed E-state index contributed by atoms with van der Waals surface area (Å²) in [5.74, 6) is 0.619. The van der Waals surface area contributed by atoms with E-state index in [9.17, 15) is 4.79 Å². The van der Waals surface area contributed by atoms with Crippen molar-refractivity contribution >= 4 is 17.3 Å². The molecule has 0 aromatic heterocycles. The van der Waals surface area contributed by atoms with E-state index < -0.39 is 0 Å². The summed E-state index contributed by atoms with van der Waals surface area (Å²) in [7, 11) is 2.22. The van der Waals surface area contributed by atoms with Crippen LogP contribution in [0.15, 0.2) is 42.5 Å². The smallest absolute Gasteiger partial charge is 0.262 e. The number of ether oxygens (including phenoxy) is 1. The fourth-order valence-corrected chi connectivity index (χ4v) is 3.18. The van der Waals surface area contributed by atoms with Crippen molar-refractivity contribution in [2.75, 3.05) is 50.1 Å². The number of para-hydroxylation sites is 2. The van der Waals surface area contributed by atoms with Gasteiger partial charge >= 0.3 is 0 Å². The van der Waals surface area contributed by atoms with Crippen LogP contribution in [0.3, 0.4) is 0 Å². The predicted octanol–water partition coefficient (Wildman–Crippen LogP) is 1.66. The zero-order valence-electron chi connectivity index (χ0n) is 15.8. The van der Waals surface area contributed by atoms with Gasteiger partial charge in [-0.15, -0.1) is 0 Å². The van der Waals surface area contributed by atoms with E-state index in [1.54, 1.807) is 4.90 Å². The Hall–Kier alpha value is -2.53. The summed E-state index contributed by atoms with van der Waals surface area (Å²) < 4.78 is 5.72. The molecule has 0 unspecified atom stereocenters. The molecular weight excluding hydrogens is 326 g/mol. The Labute approximate surface area is 155 Å². The van der Waals surface area contributed by atoms with E-state index in [2.05, 4.69) is 23.3 Å². The van der Waals surface area contributed by atoms with E-state index in [-0.39, 0.29) is 12.5 Å². The van der Waals surface area contributed by atoms with Gasteiger partial charge in [-0.25, -0.2) is 0 Å². The number of quaternary nitrogens is 1. The van der Waals surface area contributed by atoms with Gasteiger partial charge in [0.1, 0.15) is 5.75 Å². The number of benzene rings is 2. The summed E-state index contributed by atoms with van der Waals surface area (Å²) in [6, 6.07) is 14.0. The summed E-state index contributed by atoms with van der Waals surface area (Å²) in [5, 5.41) is 3.01. The van der Waals surface area contributed by atoms with Crippen molar-refractivity contribution in [3.05, 3.63) is 53.6 Å². The lowest BCUT2D eigenvalue weighted by Gasteiger charge is -2.33. The Morgan fingerprint density at radius 3 is 2.65 bits per heavy atom. The van der Waals surface area contributed by atoms with Gasteiger partial charge in [-0.1, -0.05) is 24.3 Å². The van der Waals surface area contributed by atoms with E-state index in [0.717, 1.165) is 54.4 Å². The maximum Gasteiger partial charge on any atom is 0.262 e. The average molecular weight is 354 g/mol. The van der Waals surface area contributed by atoms with Crippen molar-refractivity contribution < 1.29 is 14.4 Å². The van der Waals surface area contributed by atoms with Crippen molar-refractivity contribution in [3.63, 3.8) is 0 Å². The third kappa shape index (κ3) is 4.55. The minimum absolute atomic E-state index is 0.00547. The van der Waals surface area contributed by atoms with Gasteiger partial charge in [0.2, 0.25) is 0 Å². The molecule has 1 fully saturated rings. The minimum Gasteiger partial charge on any atom is -0.483 e. The Bertz CT molecular complexity index is 768. The normalized spacial score (nSPS) is 15.0. The Morgan fingerprint density at radius 1 is 1.15 bits per heavy atom. The number of anilines is 2. The lowest BCUT2D eigenvalue weighted by Crippen LogP contribution is -3.12. The zero-order chi connectivity index (χ0) is 18.5. The van der Waals surface area contributed by atoms with Crippen molar-refractivity contribution in [3.8, 4) is 5.75 Å². The third-order valence-electron chi connectivity index (χ3n) is 4.84. The minimum atomic E-state index is -0.141. The number of amides is 1. The summed E-state index contributed by atoms with van der Waals surface area (Å²) in [5.41, 5.74) is 4.08. The highest BCUT2D eigenvalue weighted by Crippen LogP contribution is 2.25. The second-order valence-electron chi connectivity index (χ2n) is 7.07. The molecule has 5 nitrogen and oxygen atoms in total. The number of nitrogens with zero attached hydrogens (tertiary/aromatic N) is 1. The molecule has 0 aliphatic carbocycles. The number of nitrogens with one attached hydrogen (secondary N) is 2. The predicted molar refractivity (Wildman–Crippen MR) is 105 cm³/mol.